The van der Waals surface area contributed by atoms with Gasteiger partial charge in [-0.25, -0.2) is 0 Å². The Hall–Kier alpha value is -0.0469. The molecule has 0 nitrogen and oxygen atoms in total. The first-order valence-corrected chi connectivity index (χ1v) is 11.9. The van der Waals surface area contributed by atoms with Gasteiger partial charge in [-0.05, 0) is 0 Å². The third-order valence-corrected chi connectivity index (χ3v) is 9.64. The third-order valence-electron chi connectivity index (χ3n) is 4.54. The predicted octanol–water partition coefficient (Wildman–Crippen LogP) is -2.52. The molecule has 0 saturated heterocycles. The maximum atomic E-state index is 3.61. The number of thioether (sulfide) groups is 1. The van der Waals surface area contributed by atoms with Gasteiger partial charge < -0.3 is 24.8 Å². The fourth-order valence-electron chi connectivity index (χ4n) is 3.55. The molecule has 0 fully saturated rings. The topological polar surface area (TPSA) is 0 Å². The summed E-state index contributed by atoms with van der Waals surface area (Å²) in [4.78, 5) is 1.49. The van der Waals surface area contributed by atoms with Gasteiger partial charge in [-0.1, -0.05) is 0 Å². The number of rotatable bonds is 2. The summed E-state index contributed by atoms with van der Waals surface area (Å²) in [7, 11) is 0. The summed E-state index contributed by atoms with van der Waals surface area (Å²) in [5.41, 5.74) is 3.13. The molecule has 2 aliphatic carbocycles. The fraction of sp³-hybridized carbons (Fsp3) is 0.100. The average molecular weight is 527 g/mol. The van der Waals surface area contributed by atoms with E-state index in [0.29, 0.717) is 5.25 Å². The van der Waals surface area contributed by atoms with Gasteiger partial charge in [0.2, 0.25) is 0 Å². The Morgan fingerprint density at radius 1 is 1.12 bits per heavy atom. The van der Waals surface area contributed by atoms with E-state index in [1.165, 1.54) is 26.2 Å². The molecule has 25 heavy (non-hydrogen) atoms. The molecule has 1 aliphatic heterocycles. The van der Waals surface area contributed by atoms with Crippen molar-refractivity contribution in [1.29, 1.82) is 0 Å². The zero-order valence-corrected chi connectivity index (χ0v) is 19.5. The van der Waals surface area contributed by atoms with Gasteiger partial charge in [0.05, 0.1) is 0 Å². The Bertz CT molecular complexity index is 1030. The Labute approximate surface area is 184 Å². The third kappa shape index (κ3) is 3.44. The maximum Gasteiger partial charge on any atom is -1.00 e. The van der Waals surface area contributed by atoms with E-state index in [0.717, 1.165) is 0 Å². The van der Waals surface area contributed by atoms with Crippen LogP contribution in [0.15, 0.2) is 67.3 Å². The van der Waals surface area contributed by atoms with Crippen molar-refractivity contribution >= 4 is 42.6 Å². The van der Waals surface area contributed by atoms with E-state index >= 15 is 0 Å². The van der Waals surface area contributed by atoms with Crippen LogP contribution in [0.1, 0.15) is 12.0 Å². The number of fused-ring (bicyclic) bond motifs is 4. The fourth-order valence-corrected chi connectivity index (χ4v) is 8.74. The number of hydrogen-bond donors (Lipinski definition) is 0. The second-order valence-corrected chi connectivity index (χ2v) is 11.6. The largest absolute Gasteiger partial charge is 1.00 e. The van der Waals surface area contributed by atoms with Crippen LogP contribution in [0.5, 0.6) is 0 Å². The Morgan fingerprint density at radius 2 is 2.00 bits per heavy atom. The van der Waals surface area contributed by atoms with Crippen molar-refractivity contribution < 1.29 is 48.0 Å². The van der Waals surface area contributed by atoms with Crippen molar-refractivity contribution in [2.45, 2.75) is 16.6 Å². The summed E-state index contributed by atoms with van der Waals surface area (Å²) in [5, 5.41) is 3.33. The van der Waals surface area contributed by atoms with Gasteiger partial charge in [0, 0.05) is 0 Å². The Kier molecular flexibility index (Phi) is 6.23. The molecule has 5 heteroatoms. The van der Waals surface area contributed by atoms with Crippen molar-refractivity contribution in [2.75, 3.05) is 0 Å². The van der Waals surface area contributed by atoms with Crippen LogP contribution in [0.4, 0.5) is 0 Å². The van der Waals surface area contributed by atoms with Crippen molar-refractivity contribution in [2.24, 2.45) is 0 Å². The first-order chi connectivity index (χ1) is 11.3. The quantitative estimate of drug-likeness (QED) is 0.416. The molecule has 0 radical (unpaired) electrons. The van der Waals surface area contributed by atoms with Crippen molar-refractivity contribution in [1.82, 2.24) is 0 Å². The second kappa shape index (κ2) is 7.91. The Morgan fingerprint density at radius 3 is 2.80 bits per heavy atom. The summed E-state index contributed by atoms with van der Waals surface area (Å²) in [5.74, 6) is 0. The number of halogens is 3. The maximum absolute atomic E-state index is 3.61. The van der Waals surface area contributed by atoms with Crippen LogP contribution in [0.2, 0.25) is 0 Å². The summed E-state index contributed by atoms with van der Waals surface area (Å²) in [6.07, 6.45) is 10.5. The van der Waals surface area contributed by atoms with Crippen LogP contribution in [-0.2, 0) is 23.2 Å². The molecule has 0 spiro atoms. The number of hydrogen-bond acceptors (Lipinski definition) is 1. The van der Waals surface area contributed by atoms with E-state index in [1.54, 1.807) is 17.7 Å². The van der Waals surface area contributed by atoms with E-state index in [9.17, 15) is 0 Å². The molecular formula is C20H13BrCl2SZr. The average Bonchev–Trinajstić information content (AvgIpc) is 3.21. The molecule has 0 aromatic heterocycles. The van der Waals surface area contributed by atoms with Crippen molar-refractivity contribution in [3.05, 3.63) is 78.4 Å². The molecule has 0 bridgehead atoms. The number of allylic oxidation sites excluding steroid dienone is 4. The van der Waals surface area contributed by atoms with E-state index in [1.807, 2.05) is 11.8 Å². The summed E-state index contributed by atoms with van der Waals surface area (Å²) in [6, 6.07) is 13.7. The van der Waals surface area contributed by atoms with E-state index < -0.39 is 23.2 Å². The summed E-state index contributed by atoms with van der Waals surface area (Å²) < 4.78 is 4.51. The minimum absolute atomic E-state index is 0. The molecule has 1 heterocycles. The first kappa shape index (κ1) is 19.7. The molecule has 1 atom stereocenters. The zero-order valence-electron chi connectivity index (χ0n) is 13.1. The number of benzene rings is 2. The van der Waals surface area contributed by atoms with Gasteiger partial charge in [0.25, 0.3) is 0 Å². The van der Waals surface area contributed by atoms with Crippen LogP contribution in [0.25, 0.3) is 11.6 Å². The van der Waals surface area contributed by atoms with Crippen LogP contribution < -0.4 is 38.5 Å². The SMILES string of the molecule is Brc1ccc2c(c1)=CC1Sc3ccc[c]([Zr+2][C]4=CC=CC4)c3C=21.[Cl-].[Cl-]. The molecule has 5 rings (SSSR count). The molecule has 0 amide bonds. The van der Waals surface area contributed by atoms with E-state index in [4.69, 9.17) is 0 Å². The Balaban J connectivity index is 0.000000911. The molecule has 3 aliphatic rings. The molecule has 1 unspecified atom stereocenters. The standard InChI is InChI=1S/C15H8BrS.C5H5.2ClH.Zr/c16-10-5-6-11-9(7-10)8-14-15(11)12-3-1-2-4-13(12)17-14;1-2-4-5-3-1;;;/h1-2,4-8,14H;1-3H,4H2;2*1H;/q;;;;+2/p-2. The van der Waals surface area contributed by atoms with Crippen molar-refractivity contribution in [3.63, 3.8) is 0 Å². The van der Waals surface area contributed by atoms with Crippen LogP contribution >= 0.6 is 27.7 Å². The molecule has 2 aromatic rings. The minimum atomic E-state index is -0.679. The van der Waals surface area contributed by atoms with Crippen LogP contribution in [0.3, 0.4) is 0 Å². The summed E-state index contributed by atoms with van der Waals surface area (Å²) in [6.45, 7) is 0. The second-order valence-electron chi connectivity index (χ2n) is 5.98. The smallest absolute Gasteiger partial charge is 1.00 e. The van der Waals surface area contributed by atoms with Gasteiger partial charge in [0.15, 0.2) is 0 Å². The molecular weight excluding hydrogens is 514 g/mol. The summed E-state index contributed by atoms with van der Waals surface area (Å²) >= 11 is 4.95. The van der Waals surface area contributed by atoms with Gasteiger partial charge in [-0.15, -0.1) is 0 Å². The normalized spacial score (nSPS) is 18.2. The van der Waals surface area contributed by atoms with Crippen molar-refractivity contribution in [3.8, 4) is 0 Å². The van der Waals surface area contributed by atoms with E-state index in [2.05, 4.69) is 76.6 Å². The minimum Gasteiger partial charge on any atom is -1.00 e. The molecule has 0 saturated carbocycles. The van der Waals surface area contributed by atoms with Crippen LogP contribution in [0, 0.1) is 0 Å². The zero-order chi connectivity index (χ0) is 15.4. The first-order valence-electron chi connectivity index (χ1n) is 7.74. The molecule has 2 aromatic carbocycles. The molecule has 0 N–H and O–H groups in total. The van der Waals surface area contributed by atoms with E-state index in [-0.39, 0.29) is 24.8 Å². The van der Waals surface area contributed by atoms with Crippen LogP contribution in [-0.4, -0.2) is 5.25 Å². The monoisotopic (exact) mass is 524 g/mol. The van der Waals surface area contributed by atoms with Gasteiger partial charge in [-0.2, -0.15) is 0 Å². The van der Waals surface area contributed by atoms with Gasteiger partial charge in [0.1, 0.15) is 0 Å². The van der Waals surface area contributed by atoms with Gasteiger partial charge in [-0.3, -0.25) is 0 Å². The predicted molar refractivity (Wildman–Crippen MR) is 97.9 cm³/mol. The van der Waals surface area contributed by atoms with Gasteiger partial charge >= 0.3 is 161 Å². The molecule has 124 valence electrons.